The number of amides is 1. The molecule has 1 atom stereocenters. The Bertz CT molecular complexity index is 1050. The maximum atomic E-state index is 13.5. The molecule has 0 saturated carbocycles. The van der Waals surface area contributed by atoms with Crippen molar-refractivity contribution >= 4 is 17.4 Å². The summed E-state index contributed by atoms with van der Waals surface area (Å²) in [6, 6.07) is 9.55. The molecule has 186 valence electrons. The van der Waals surface area contributed by atoms with Crippen LogP contribution >= 0.6 is 0 Å². The fourth-order valence-corrected chi connectivity index (χ4v) is 4.52. The van der Waals surface area contributed by atoms with Crippen molar-refractivity contribution in [3.63, 3.8) is 0 Å². The van der Waals surface area contributed by atoms with Gasteiger partial charge in [0, 0.05) is 30.9 Å². The number of hydrogen-bond acceptors (Lipinski definition) is 6. The number of rotatable bonds is 9. The Balaban J connectivity index is 1.59. The van der Waals surface area contributed by atoms with Crippen LogP contribution in [-0.2, 0) is 14.3 Å². The van der Waals surface area contributed by atoms with Gasteiger partial charge in [-0.25, -0.2) is 0 Å². The molecule has 0 bridgehead atoms. The van der Waals surface area contributed by atoms with Gasteiger partial charge in [0.2, 0.25) is 5.78 Å². The number of carbonyl (C=O) groups is 2. The standard InChI is InChI=1S/C27H33N3O5/c1-19(2)18-35-22-8-6-20(7-9-22)25(31)23-24(21-5-3-10-28-17-21)30(27(33)26(23)32)12-4-11-29-13-15-34-16-14-29/h3,5-10,17,19,24,31H,4,11-16,18H2,1-2H3/b25-23+. The van der Waals surface area contributed by atoms with Crippen LogP contribution in [0.4, 0.5) is 0 Å². The highest BCUT2D eigenvalue weighted by Crippen LogP contribution is 2.38. The maximum Gasteiger partial charge on any atom is 0.295 e. The highest BCUT2D eigenvalue weighted by atomic mass is 16.5. The smallest absolute Gasteiger partial charge is 0.295 e. The third kappa shape index (κ3) is 5.89. The van der Waals surface area contributed by atoms with E-state index < -0.39 is 23.5 Å². The molecule has 2 fully saturated rings. The number of pyridine rings is 1. The number of ketones is 1. The van der Waals surface area contributed by atoms with E-state index in [2.05, 4.69) is 18.8 Å². The van der Waals surface area contributed by atoms with Gasteiger partial charge in [-0.1, -0.05) is 37.8 Å². The van der Waals surface area contributed by atoms with E-state index in [1.807, 2.05) is 0 Å². The van der Waals surface area contributed by atoms with E-state index in [1.54, 1.807) is 48.8 Å². The Hall–Kier alpha value is -3.23. The number of nitrogens with one attached hydrogen (secondary N) is 1. The highest BCUT2D eigenvalue weighted by molar-refractivity contribution is 6.46. The Labute approximate surface area is 206 Å². The van der Waals surface area contributed by atoms with Crippen LogP contribution in [0.15, 0.2) is 54.4 Å². The Morgan fingerprint density at radius 3 is 2.60 bits per heavy atom. The third-order valence-electron chi connectivity index (χ3n) is 6.36. The molecule has 2 aliphatic rings. The lowest BCUT2D eigenvalue weighted by Crippen LogP contribution is -3.14. The zero-order valence-corrected chi connectivity index (χ0v) is 20.4. The number of aromatic nitrogens is 1. The van der Waals surface area contributed by atoms with E-state index in [0.717, 1.165) is 39.3 Å². The van der Waals surface area contributed by atoms with Crippen LogP contribution in [0.2, 0.25) is 0 Å². The summed E-state index contributed by atoms with van der Waals surface area (Å²) in [6.45, 7) is 9.31. The van der Waals surface area contributed by atoms with Gasteiger partial charge in [0.25, 0.3) is 5.91 Å². The van der Waals surface area contributed by atoms with Gasteiger partial charge in [0.05, 0.1) is 32.4 Å². The lowest BCUT2D eigenvalue weighted by Gasteiger charge is -2.28. The molecule has 8 nitrogen and oxygen atoms in total. The molecular weight excluding hydrogens is 446 g/mol. The molecular formula is C27H33N3O5. The minimum atomic E-state index is -0.743. The minimum absolute atomic E-state index is 0.0161. The molecule has 8 heteroatoms. The first-order chi connectivity index (χ1) is 17.0. The molecule has 1 amide bonds. The SMILES string of the molecule is CC(C)COc1ccc(/C([O-])=C2\C(=O)C(=O)N(CCC[NH+]3CCOCC3)C2c2cccnc2)cc1. The van der Waals surface area contributed by atoms with Crippen molar-refractivity contribution in [1.29, 1.82) is 0 Å². The van der Waals surface area contributed by atoms with Gasteiger partial charge < -0.3 is 24.4 Å². The summed E-state index contributed by atoms with van der Waals surface area (Å²) >= 11 is 0. The average molecular weight is 480 g/mol. The van der Waals surface area contributed by atoms with Crippen molar-refractivity contribution in [3.8, 4) is 5.75 Å². The van der Waals surface area contributed by atoms with Crippen molar-refractivity contribution in [3.05, 3.63) is 65.5 Å². The molecule has 1 aromatic heterocycles. The number of nitrogens with zero attached hydrogens (tertiary/aromatic N) is 2. The number of hydrogen-bond donors (Lipinski definition) is 1. The van der Waals surface area contributed by atoms with Crippen LogP contribution < -0.4 is 14.7 Å². The second-order valence-corrected chi connectivity index (χ2v) is 9.45. The molecule has 0 radical (unpaired) electrons. The summed E-state index contributed by atoms with van der Waals surface area (Å²) in [4.78, 5) is 33.3. The van der Waals surface area contributed by atoms with Crippen molar-refractivity contribution in [2.24, 2.45) is 5.92 Å². The van der Waals surface area contributed by atoms with Gasteiger partial charge in [-0.3, -0.25) is 14.6 Å². The van der Waals surface area contributed by atoms with Crippen LogP contribution in [0.3, 0.4) is 0 Å². The molecule has 2 saturated heterocycles. The average Bonchev–Trinajstić information content (AvgIpc) is 3.13. The normalized spacial score (nSPS) is 20.5. The van der Waals surface area contributed by atoms with E-state index in [9.17, 15) is 14.7 Å². The Kier molecular flexibility index (Phi) is 8.15. The van der Waals surface area contributed by atoms with Crippen LogP contribution in [0.5, 0.6) is 5.75 Å². The van der Waals surface area contributed by atoms with Crippen LogP contribution in [0.25, 0.3) is 5.76 Å². The predicted octanol–water partition coefficient (Wildman–Crippen LogP) is 0.646. The summed E-state index contributed by atoms with van der Waals surface area (Å²) in [6.07, 6.45) is 3.98. The van der Waals surface area contributed by atoms with Gasteiger partial charge in [0.1, 0.15) is 18.8 Å². The van der Waals surface area contributed by atoms with Crippen LogP contribution in [-0.4, -0.2) is 67.6 Å². The monoisotopic (exact) mass is 479 g/mol. The number of quaternary nitrogens is 1. The Morgan fingerprint density at radius 2 is 1.94 bits per heavy atom. The van der Waals surface area contributed by atoms with E-state index in [-0.39, 0.29) is 5.57 Å². The maximum absolute atomic E-state index is 13.5. The topological polar surface area (TPSA) is 96.2 Å². The van der Waals surface area contributed by atoms with Crippen LogP contribution in [0, 0.1) is 5.92 Å². The van der Waals surface area contributed by atoms with Crippen molar-refractivity contribution in [2.45, 2.75) is 26.3 Å². The summed E-state index contributed by atoms with van der Waals surface area (Å²) in [7, 11) is 0. The fraction of sp³-hybridized carbons (Fsp3) is 0.444. The van der Waals surface area contributed by atoms with Crippen molar-refractivity contribution in [2.75, 3.05) is 46.0 Å². The molecule has 0 spiro atoms. The number of carbonyl (C=O) groups excluding carboxylic acids is 2. The van der Waals surface area contributed by atoms with Gasteiger partial charge in [-0.05, 0) is 35.2 Å². The number of benzene rings is 1. The first-order valence-electron chi connectivity index (χ1n) is 12.3. The molecule has 2 aliphatic heterocycles. The largest absolute Gasteiger partial charge is 0.872 e. The lowest BCUT2D eigenvalue weighted by atomic mass is 9.96. The summed E-state index contributed by atoms with van der Waals surface area (Å²) in [5.41, 5.74) is 0.995. The van der Waals surface area contributed by atoms with Gasteiger partial charge in [-0.2, -0.15) is 0 Å². The first kappa shape index (κ1) is 24.9. The molecule has 4 rings (SSSR count). The number of ether oxygens (including phenoxy) is 2. The fourth-order valence-electron chi connectivity index (χ4n) is 4.52. The molecule has 0 aliphatic carbocycles. The van der Waals surface area contributed by atoms with E-state index >= 15 is 0 Å². The summed E-state index contributed by atoms with van der Waals surface area (Å²) < 4.78 is 11.1. The summed E-state index contributed by atoms with van der Waals surface area (Å²) in [5, 5.41) is 13.5. The third-order valence-corrected chi connectivity index (χ3v) is 6.36. The first-order valence-corrected chi connectivity index (χ1v) is 12.3. The van der Waals surface area contributed by atoms with Crippen molar-refractivity contribution in [1.82, 2.24) is 9.88 Å². The molecule has 1 unspecified atom stereocenters. The van der Waals surface area contributed by atoms with E-state index in [1.165, 1.54) is 9.80 Å². The predicted molar refractivity (Wildman–Crippen MR) is 128 cm³/mol. The van der Waals surface area contributed by atoms with E-state index in [0.29, 0.717) is 35.9 Å². The minimum Gasteiger partial charge on any atom is -0.872 e. The van der Waals surface area contributed by atoms with Gasteiger partial charge in [-0.15, -0.1) is 0 Å². The highest BCUT2D eigenvalue weighted by Gasteiger charge is 2.44. The molecule has 1 aromatic carbocycles. The zero-order valence-electron chi connectivity index (χ0n) is 20.4. The number of Topliss-reactive ketones (excluding diaryl/α,β-unsaturated/α-hetero) is 1. The summed E-state index contributed by atoms with van der Waals surface area (Å²) in [5.74, 6) is -0.761. The van der Waals surface area contributed by atoms with E-state index in [4.69, 9.17) is 9.47 Å². The quantitative estimate of drug-likeness (QED) is 0.322. The number of likely N-dealkylation sites (tertiary alicyclic amines) is 1. The molecule has 35 heavy (non-hydrogen) atoms. The Morgan fingerprint density at radius 1 is 1.20 bits per heavy atom. The van der Waals surface area contributed by atoms with Crippen LogP contribution in [0.1, 0.15) is 37.4 Å². The molecule has 1 N–H and O–H groups in total. The molecule has 2 aromatic rings. The molecule has 3 heterocycles. The van der Waals surface area contributed by atoms with Gasteiger partial charge >= 0.3 is 0 Å². The zero-order chi connectivity index (χ0) is 24.8. The van der Waals surface area contributed by atoms with Gasteiger partial charge in [0.15, 0.2) is 0 Å². The lowest BCUT2D eigenvalue weighted by molar-refractivity contribution is -0.908. The second kappa shape index (κ2) is 11.5. The second-order valence-electron chi connectivity index (χ2n) is 9.45. The number of morpholine rings is 1. The van der Waals surface area contributed by atoms with Crippen molar-refractivity contribution < 1.29 is 29.1 Å².